The lowest BCUT2D eigenvalue weighted by atomic mass is 9.67. The Morgan fingerprint density at radius 3 is 2.10 bits per heavy atom. The van der Waals surface area contributed by atoms with Gasteiger partial charge in [0.05, 0.1) is 32.0 Å². The van der Waals surface area contributed by atoms with Crippen LogP contribution < -0.4 is 4.74 Å². The van der Waals surface area contributed by atoms with Crippen molar-refractivity contribution in [3.63, 3.8) is 0 Å². The van der Waals surface area contributed by atoms with Gasteiger partial charge in [0.2, 0.25) is 0 Å². The van der Waals surface area contributed by atoms with Crippen LogP contribution in [0.5, 0.6) is 5.75 Å². The fourth-order valence-corrected chi connectivity index (χ4v) is 2.96. The molecule has 3 saturated heterocycles. The maximum atomic E-state index is 6.19. The highest BCUT2D eigenvalue weighted by atomic mass is 35.5. The first-order valence-electron chi connectivity index (χ1n) is 7.08. The fourth-order valence-electron chi connectivity index (χ4n) is 2.71. The summed E-state index contributed by atoms with van der Waals surface area (Å²) < 4.78 is 23.1. The molecule has 0 N–H and O–H groups in total. The molecule has 5 heteroatoms. The molecule has 4 rings (SSSR count). The van der Waals surface area contributed by atoms with Crippen LogP contribution in [0.1, 0.15) is 26.3 Å². The minimum atomic E-state index is -1.14. The van der Waals surface area contributed by atoms with Crippen molar-refractivity contribution in [2.24, 2.45) is 10.8 Å². The van der Waals surface area contributed by atoms with Crippen molar-refractivity contribution in [2.75, 3.05) is 26.9 Å². The molecule has 21 heavy (non-hydrogen) atoms. The van der Waals surface area contributed by atoms with Crippen molar-refractivity contribution in [3.05, 3.63) is 28.8 Å². The Balaban J connectivity index is 1.88. The summed E-state index contributed by atoms with van der Waals surface area (Å²) in [6.07, 6.45) is 0. The third kappa shape index (κ3) is 2.25. The van der Waals surface area contributed by atoms with E-state index in [1.807, 2.05) is 6.07 Å². The van der Waals surface area contributed by atoms with Gasteiger partial charge in [-0.05, 0) is 23.6 Å². The third-order valence-electron chi connectivity index (χ3n) is 4.71. The average Bonchev–Trinajstić information content (AvgIpc) is 2.48. The van der Waals surface area contributed by atoms with E-state index in [1.54, 1.807) is 19.2 Å². The molecule has 0 saturated carbocycles. The molecule has 1 aromatic carbocycles. The second-order valence-electron chi connectivity index (χ2n) is 6.80. The molecular weight excluding hydrogens is 292 g/mol. The zero-order valence-electron chi connectivity index (χ0n) is 12.9. The maximum absolute atomic E-state index is 6.19. The molecule has 4 nitrogen and oxygen atoms in total. The van der Waals surface area contributed by atoms with E-state index in [0.29, 0.717) is 30.6 Å². The molecule has 0 aromatic heterocycles. The van der Waals surface area contributed by atoms with E-state index in [4.69, 9.17) is 30.5 Å². The van der Waals surface area contributed by atoms with Crippen LogP contribution in [0.15, 0.2) is 18.2 Å². The molecule has 116 valence electrons. The van der Waals surface area contributed by atoms with E-state index in [1.165, 1.54) is 0 Å². The van der Waals surface area contributed by atoms with Crippen LogP contribution in [0.3, 0.4) is 0 Å². The largest absolute Gasteiger partial charge is 0.495 e. The molecule has 0 aliphatic carbocycles. The standard InChI is InChI=1S/C16H21ClO4/c1-14(2,3)15-8-19-16(20-9-15,21-10-15)11-5-6-13(18-4)12(17)7-11/h5-7H,8-10H2,1-4H3. The van der Waals surface area contributed by atoms with Crippen LogP contribution in [0.25, 0.3) is 0 Å². The number of rotatable bonds is 2. The minimum absolute atomic E-state index is 0.0527. The van der Waals surface area contributed by atoms with Gasteiger partial charge in [-0.2, -0.15) is 0 Å². The SMILES string of the molecule is COc1ccc(C23OCC(C(C)(C)C)(CO2)CO3)cc1Cl. The molecule has 0 unspecified atom stereocenters. The lowest BCUT2D eigenvalue weighted by Gasteiger charge is -2.56. The highest BCUT2D eigenvalue weighted by Crippen LogP contribution is 2.52. The topological polar surface area (TPSA) is 36.9 Å². The van der Waals surface area contributed by atoms with Gasteiger partial charge < -0.3 is 18.9 Å². The number of halogens is 1. The normalized spacial score (nSPS) is 32.2. The predicted molar refractivity (Wildman–Crippen MR) is 79.4 cm³/mol. The summed E-state index contributed by atoms with van der Waals surface area (Å²) in [6, 6.07) is 5.43. The number of fused-ring (bicyclic) bond motifs is 3. The van der Waals surface area contributed by atoms with E-state index in [-0.39, 0.29) is 10.8 Å². The number of methoxy groups -OCH3 is 1. The van der Waals surface area contributed by atoms with Crippen LogP contribution in [0.4, 0.5) is 0 Å². The highest BCUT2D eigenvalue weighted by Gasteiger charge is 2.58. The smallest absolute Gasteiger partial charge is 0.312 e. The summed E-state index contributed by atoms with van der Waals surface area (Å²) in [7, 11) is 1.58. The van der Waals surface area contributed by atoms with Crippen molar-refractivity contribution in [1.82, 2.24) is 0 Å². The number of ether oxygens (including phenoxy) is 4. The minimum Gasteiger partial charge on any atom is -0.495 e. The van der Waals surface area contributed by atoms with Gasteiger partial charge in [0.25, 0.3) is 0 Å². The Labute approximate surface area is 130 Å². The second kappa shape index (κ2) is 4.85. The van der Waals surface area contributed by atoms with Crippen molar-refractivity contribution in [3.8, 4) is 5.75 Å². The third-order valence-corrected chi connectivity index (χ3v) is 5.01. The highest BCUT2D eigenvalue weighted by molar-refractivity contribution is 6.32. The number of hydrogen-bond acceptors (Lipinski definition) is 4. The van der Waals surface area contributed by atoms with Crippen LogP contribution in [-0.2, 0) is 20.2 Å². The zero-order valence-corrected chi connectivity index (χ0v) is 13.6. The average molecular weight is 313 g/mol. The van der Waals surface area contributed by atoms with Crippen LogP contribution in [0, 0.1) is 10.8 Å². The van der Waals surface area contributed by atoms with Gasteiger partial charge in [-0.1, -0.05) is 32.4 Å². The molecule has 0 radical (unpaired) electrons. The van der Waals surface area contributed by atoms with E-state index in [9.17, 15) is 0 Å². The lowest BCUT2D eigenvalue weighted by molar-refractivity contribution is -0.489. The molecule has 3 aliphatic heterocycles. The van der Waals surface area contributed by atoms with E-state index in [0.717, 1.165) is 5.56 Å². The predicted octanol–water partition coefficient (Wildman–Crippen LogP) is 3.57. The number of hydrogen-bond donors (Lipinski definition) is 0. The first-order valence-corrected chi connectivity index (χ1v) is 7.46. The molecule has 2 bridgehead atoms. The van der Waals surface area contributed by atoms with Crippen LogP contribution in [0.2, 0.25) is 5.02 Å². The van der Waals surface area contributed by atoms with Gasteiger partial charge >= 0.3 is 5.97 Å². The molecule has 0 spiro atoms. The van der Waals surface area contributed by atoms with Gasteiger partial charge in [-0.15, -0.1) is 0 Å². The molecule has 3 aliphatic rings. The summed E-state index contributed by atoms with van der Waals surface area (Å²) in [5.41, 5.74) is 0.706. The Morgan fingerprint density at radius 1 is 1.10 bits per heavy atom. The van der Waals surface area contributed by atoms with Crippen LogP contribution >= 0.6 is 11.6 Å². The summed E-state index contributed by atoms with van der Waals surface area (Å²) in [6.45, 7) is 8.39. The monoisotopic (exact) mass is 312 g/mol. The Kier molecular flexibility index (Phi) is 3.49. The quantitative estimate of drug-likeness (QED) is 0.836. The molecule has 1 aromatic rings. The number of benzene rings is 1. The summed E-state index contributed by atoms with van der Waals surface area (Å²) in [5, 5.41) is 0.512. The Hall–Kier alpha value is -0.810. The zero-order chi connectivity index (χ0) is 15.3. The second-order valence-corrected chi connectivity index (χ2v) is 7.21. The fraction of sp³-hybridized carbons (Fsp3) is 0.625. The van der Waals surface area contributed by atoms with E-state index in [2.05, 4.69) is 20.8 Å². The van der Waals surface area contributed by atoms with Gasteiger partial charge in [-0.3, -0.25) is 0 Å². The summed E-state index contributed by atoms with van der Waals surface area (Å²) >= 11 is 6.19. The van der Waals surface area contributed by atoms with Crippen molar-refractivity contribution >= 4 is 11.6 Å². The Bertz CT molecular complexity index is 525. The van der Waals surface area contributed by atoms with E-state index >= 15 is 0 Å². The van der Waals surface area contributed by atoms with Gasteiger partial charge in [0.15, 0.2) is 0 Å². The molecule has 3 heterocycles. The Morgan fingerprint density at radius 2 is 1.67 bits per heavy atom. The lowest BCUT2D eigenvalue weighted by Crippen LogP contribution is -2.62. The first-order chi connectivity index (χ1) is 9.82. The van der Waals surface area contributed by atoms with Gasteiger partial charge in [0, 0.05) is 11.0 Å². The van der Waals surface area contributed by atoms with Gasteiger partial charge in [0.1, 0.15) is 5.75 Å². The van der Waals surface area contributed by atoms with Crippen molar-refractivity contribution < 1.29 is 18.9 Å². The summed E-state index contributed by atoms with van der Waals surface area (Å²) in [4.78, 5) is 0. The molecular formula is C16H21ClO4. The molecule has 0 amide bonds. The van der Waals surface area contributed by atoms with Crippen molar-refractivity contribution in [2.45, 2.75) is 26.7 Å². The first kappa shape index (κ1) is 15.1. The summed E-state index contributed by atoms with van der Waals surface area (Å²) in [5.74, 6) is -0.518. The molecule has 0 atom stereocenters. The van der Waals surface area contributed by atoms with E-state index < -0.39 is 5.97 Å². The maximum Gasteiger partial charge on any atom is 0.312 e. The van der Waals surface area contributed by atoms with Gasteiger partial charge in [-0.25, -0.2) is 0 Å². The van der Waals surface area contributed by atoms with Crippen LogP contribution in [-0.4, -0.2) is 26.9 Å². The van der Waals surface area contributed by atoms with Crippen molar-refractivity contribution in [1.29, 1.82) is 0 Å². The molecule has 3 fully saturated rings.